The summed E-state index contributed by atoms with van der Waals surface area (Å²) in [5.74, 6) is 0.353. The van der Waals surface area contributed by atoms with Gasteiger partial charge < -0.3 is 4.74 Å². The molecule has 4 rings (SSSR count). The normalized spacial score (nSPS) is 17.7. The number of carbonyl (C=O) groups is 1. The predicted molar refractivity (Wildman–Crippen MR) is 106 cm³/mol. The molecule has 0 saturated heterocycles. The summed E-state index contributed by atoms with van der Waals surface area (Å²) in [6, 6.07) is 5.83. The van der Waals surface area contributed by atoms with E-state index in [-0.39, 0.29) is 23.9 Å². The molecule has 0 aliphatic heterocycles. The van der Waals surface area contributed by atoms with Crippen molar-refractivity contribution in [2.75, 3.05) is 0 Å². The molecule has 1 aliphatic carbocycles. The summed E-state index contributed by atoms with van der Waals surface area (Å²) in [4.78, 5) is 21.3. The summed E-state index contributed by atoms with van der Waals surface area (Å²) in [5, 5.41) is 4.86. The molecule has 0 bridgehead atoms. The van der Waals surface area contributed by atoms with E-state index in [1.54, 1.807) is 4.52 Å². The van der Waals surface area contributed by atoms with Crippen LogP contribution >= 0.6 is 11.6 Å². The Balaban J connectivity index is 1.51. The minimum atomic E-state index is -0.285. The lowest BCUT2D eigenvalue weighted by Gasteiger charge is -2.27. The number of hydrogen-bond donors (Lipinski definition) is 0. The Hall–Kier alpha value is -2.47. The minimum Gasteiger partial charge on any atom is -0.457 e. The maximum atomic E-state index is 12.7. The summed E-state index contributed by atoms with van der Waals surface area (Å²) in [6.45, 7) is 8.14. The quantitative estimate of drug-likeness (QED) is 0.616. The van der Waals surface area contributed by atoms with Gasteiger partial charge in [0.1, 0.15) is 12.4 Å². The van der Waals surface area contributed by atoms with Crippen LogP contribution in [0.4, 0.5) is 0 Å². The molecule has 28 heavy (non-hydrogen) atoms. The van der Waals surface area contributed by atoms with E-state index >= 15 is 0 Å². The lowest BCUT2D eigenvalue weighted by Crippen LogP contribution is -2.23. The summed E-state index contributed by atoms with van der Waals surface area (Å²) >= 11 is 6.17. The van der Waals surface area contributed by atoms with Crippen molar-refractivity contribution in [3.8, 4) is 0 Å². The molecule has 6 nitrogen and oxygen atoms in total. The summed E-state index contributed by atoms with van der Waals surface area (Å²) in [6.07, 6.45) is 2.90. The highest BCUT2D eigenvalue weighted by atomic mass is 35.5. The molecule has 2 heterocycles. The van der Waals surface area contributed by atoms with Gasteiger partial charge in [0.05, 0.1) is 0 Å². The fourth-order valence-corrected chi connectivity index (χ4v) is 4.31. The average Bonchev–Trinajstić information content (AvgIpc) is 3.17. The summed E-state index contributed by atoms with van der Waals surface area (Å²) < 4.78 is 7.63. The Morgan fingerprint density at radius 3 is 2.93 bits per heavy atom. The smallest absolute Gasteiger partial charge is 0.306 e. The Kier molecular flexibility index (Phi) is 4.62. The molecule has 7 heteroatoms. The number of fused-ring (bicyclic) bond motifs is 2. The van der Waals surface area contributed by atoms with Crippen LogP contribution in [0.15, 0.2) is 24.5 Å². The SMILES string of the molecule is Cc1nc2ncnn2c(C)c1CCC(=O)O[C@H]1c2cc(Cl)ccc2CC1(C)C. The van der Waals surface area contributed by atoms with Gasteiger partial charge in [-0.25, -0.2) is 9.50 Å². The number of aromatic nitrogens is 4. The van der Waals surface area contributed by atoms with Gasteiger partial charge in [-0.2, -0.15) is 10.1 Å². The van der Waals surface area contributed by atoms with Gasteiger partial charge in [0.25, 0.3) is 5.78 Å². The van der Waals surface area contributed by atoms with E-state index in [1.165, 1.54) is 11.9 Å². The Morgan fingerprint density at radius 2 is 2.14 bits per heavy atom. The molecular formula is C21H23ClN4O2. The van der Waals surface area contributed by atoms with Gasteiger partial charge in [0, 0.05) is 28.2 Å². The van der Waals surface area contributed by atoms with E-state index in [0.29, 0.717) is 17.2 Å². The third kappa shape index (κ3) is 3.26. The van der Waals surface area contributed by atoms with E-state index in [1.807, 2.05) is 32.0 Å². The van der Waals surface area contributed by atoms with E-state index < -0.39 is 0 Å². The van der Waals surface area contributed by atoms with Crippen LogP contribution in [0.2, 0.25) is 5.02 Å². The zero-order valence-corrected chi connectivity index (χ0v) is 17.2. The predicted octanol–water partition coefficient (Wildman–Crippen LogP) is 4.19. The second-order valence-corrected chi connectivity index (χ2v) is 8.55. The van der Waals surface area contributed by atoms with Gasteiger partial charge >= 0.3 is 5.97 Å². The fourth-order valence-electron chi connectivity index (χ4n) is 4.13. The molecule has 0 saturated carbocycles. The molecule has 0 amide bonds. The van der Waals surface area contributed by atoms with Gasteiger partial charge in [0.2, 0.25) is 0 Å². The van der Waals surface area contributed by atoms with Crippen molar-refractivity contribution in [1.82, 2.24) is 19.6 Å². The molecule has 1 aromatic carbocycles. The van der Waals surface area contributed by atoms with Crippen LogP contribution in [0, 0.1) is 19.3 Å². The number of carbonyl (C=O) groups excluding carboxylic acids is 1. The lowest BCUT2D eigenvalue weighted by molar-refractivity contribution is -0.154. The third-order valence-corrected chi connectivity index (χ3v) is 5.80. The highest BCUT2D eigenvalue weighted by molar-refractivity contribution is 6.30. The molecule has 0 N–H and O–H groups in total. The van der Waals surface area contributed by atoms with E-state index in [0.717, 1.165) is 28.9 Å². The number of halogens is 1. The van der Waals surface area contributed by atoms with Gasteiger partial charge in [-0.15, -0.1) is 0 Å². The molecular weight excluding hydrogens is 376 g/mol. The van der Waals surface area contributed by atoms with Crippen LogP contribution in [-0.4, -0.2) is 25.6 Å². The standard InChI is InChI=1S/C21H23ClN4O2/c1-12-16(13(2)26-20(25-12)23-11-24-26)7-8-18(27)28-19-17-9-15(22)6-5-14(17)10-21(19,3)4/h5-6,9,11,19H,7-8,10H2,1-4H3/t19-/m0/s1. The van der Waals surface area contributed by atoms with Crippen LogP contribution < -0.4 is 0 Å². The second-order valence-electron chi connectivity index (χ2n) is 8.11. The van der Waals surface area contributed by atoms with Crippen molar-refractivity contribution in [2.45, 2.75) is 53.1 Å². The first-order chi connectivity index (χ1) is 13.3. The van der Waals surface area contributed by atoms with Crippen molar-refractivity contribution in [1.29, 1.82) is 0 Å². The molecule has 0 fully saturated rings. The van der Waals surface area contributed by atoms with Crippen LogP contribution in [0.3, 0.4) is 0 Å². The van der Waals surface area contributed by atoms with Crippen LogP contribution in [0.25, 0.3) is 5.78 Å². The molecule has 0 unspecified atom stereocenters. The first-order valence-corrected chi connectivity index (χ1v) is 9.77. The zero-order valence-electron chi connectivity index (χ0n) is 16.5. The van der Waals surface area contributed by atoms with Gasteiger partial charge in [-0.05, 0) is 55.5 Å². The van der Waals surface area contributed by atoms with Gasteiger partial charge in [0.15, 0.2) is 0 Å². The Morgan fingerprint density at radius 1 is 1.36 bits per heavy atom. The second kappa shape index (κ2) is 6.85. The van der Waals surface area contributed by atoms with Crippen molar-refractivity contribution < 1.29 is 9.53 Å². The van der Waals surface area contributed by atoms with Crippen molar-refractivity contribution in [2.24, 2.45) is 5.41 Å². The molecule has 0 spiro atoms. The highest BCUT2D eigenvalue weighted by Crippen LogP contribution is 2.48. The van der Waals surface area contributed by atoms with Crippen molar-refractivity contribution >= 4 is 23.3 Å². The molecule has 1 aliphatic rings. The highest BCUT2D eigenvalue weighted by Gasteiger charge is 2.41. The first kappa shape index (κ1) is 18.9. The van der Waals surface area contributed by atoms with E-state index in [9.17, 15) is 4.79 Å². The van der Waals surface area contributed by atoms with Crippen LogP contribution in [-0.2, 0) is 22.4 Å². The third-order valence-electron chi connectivity index (χ3n) is 5.56. The average molecular weight is 399 g/mol. The lowest BCUT2D eigenvalue weighted by atomic mass is 9.87. The van der Waals surface area contributed by atoms with E-state index in [2.05, 4.69) is 28.9 Å². The number of aryl methyl sites for hydroxylation is 2. The van der Waals surface area contributed by atoms with Crippen LogP contribution in [0.5, 0.6) is 0 Å². The molecule has 2 aromatic heterocycles. The van der Waals surface area contributed by atoms with Gasteiger partial charge in [-0.3, -0.25) is 4.79 Å². The molecule has 146 valence electrons. The minimum absolute atomic E-state index is 0.157. The fraction of sp³-hybridized carbons (Fsp3) is 0.429. The van der Waals surface area contributed by atoms with E-state index in [4.69, 9.17) is 16.3 Å². The number of rotatable bonds is 4. The molecule has 3 aromatic rings. The first-order valence-electron chi connectivity index (χ1n) is 9.40. The number of hydrogen-bond acceptors (Lipinski definition) is 5. The topological polar surface area (TPSA) is 69.4 Å². The maximum absolute atomic E-state index is 12.7. The van der Waals surface area contributed by atoms with Crippen LogP contribution in [0.1, 0.15) is 54.5 Å². The van der Waals surface area contributed by atoms with Gasteiger partial charge in [-0.1, -0.05) is 31.5 Å². The number of esters is 1. The summed E-state index contributed by atoms with van der Waals surface area (Å²) in [5.41, 5.74) is 4.87. The number of nitrogens with zero attached hydrogens (tertiary/aromatic N) is 4. The molecule has 0 radical (unpaired) electrons. The number of ether oxygens (including phenoxy) is 1. The molecule has 1 atom stereocenters. The number of benzene rings is 1. The van der Waals surface area contributed by atoms with Crippen molar-refractivity contribution in [3.63, 3.8) is 0 Å². The van der Waals surface area contributed by atoms with Crippen molar-refractivity contribution in [3.05, 3.63) is 57.6 Å². The summed E-state index contributed by atoms with van der Waals surface area (Å²) in [7, 11) is 0. The Bertz CT molecular complexity index is 1070. The zero-order chi connectivity index (χ0) is 20.1. The maximum Gasteiger partial charge on any atom is 0.306 e. The largest absolute Gasteiger partial charge is 0.457 e. The Labute approximate surface area is 168 Å². The monoisotopic (exact) mass is 398 g/mol.